The topological polar surface area (TPSA) is 32.6 Å². The van der Waals surface area contributed by atoms with E-state index in [0.29, 0.717) is 6.61 Å². The average Bonchev–Trinajstić information content (AvgIpc) is 2.09. The van der Waals surface area contributed by atoms with Crippen molar-refractivity contribution in [1.82, 2.24) is 0 Å². The molecule has 0 saturated carbocycles. The molecule has 0 amide bonds. The zero-order valence-electron chi connectivity index (χ0n) is 9.21. The molecular formula is C11H23NO. The van der Waals surface area contributed by atoms with Crippen molar-refractivity contribution in [3.8, 4) is 0 Å². The van der Waals surface area contributed by atoms with Crippen molar-refractivity contribution in [2.75, 3.05) is 13.2 Å². The maximum atomic E-state index is 8.56. The number of rotatable bonds is 7. The molecule has 0 unspecified atom stereocenters. The van der Waals surface area contributed by atoms with Crippen LogP contribution < -0.4 is 0 Å². The minimum atomic E-state index is 0.292. The maximum absolute atomic E-state index is 8.56. The molecule has 78 valence electrons. The molecule has 0 heterocycles. The van der Waals surface area contributed by atoms with Crippen LogP contribution in [0.25, 0.3) is 0 Å². The quantitative estimate of drug-likeness (QED) is 0.480. The molecule has 1 N–H and O–H groups in total. The molecule has 0 bridgehead atoms. The van der Waals surface area contributed by atoms with E-state index in [2.05, 4.69) is 25.8 Å². The summed E-state index contributed by atoms with van der Waals surface area (Å²) in [6.45, 7) is 7.74. The lowest BCUT2D eigenvalue weighted by atomic mass is 10.1. The molecule has 2 heteroatoms. The lowest BCUT2D eigenvalue weighted by Gasteiger charge is -2.03. The molecule has 0 spiro atoms. The van der Waals surface area contributed by atoms with Crippen molar-refractivity contribution in [3.63, 3.8) is 0 Å². The Hall–Kier alpha value is -0.370. The summed E-state index contributed by atoms with van der Waals surface area (Å²) >= 11 is 0. The molecule has 0 radical (unpaired) electrons. The second-order valence-corrected chi connectivity index (χ2v) is 3.98. The second kappa shape index (κ2) is 8.24. The summed E-state index contributed by atoms with van der Waals surface area (Å²) in [5, 5.41) is 8.56. The number of aliphatic hydroxyl groups is 1. The molecule has 2 nitrogen and oxygen atoms in total. The fourth-order valence-electron chi connectivity index (χ4n) is 1.07. The van der Waals surface area contributed by atoms with Crippen LogP contribution in [-0.2, 0) is 0 Å². The lowest BCUT2D eigenvalue weighted by molar-refractivity contribution is 0.285. The third-order valence-electron chi connectivity index (χ3n) is 2.03. The minimum absolute atomic E-state index is 0.292. The number of nitrogens with zero attached hydrogens (tertiary/aromatic N) is 1. The fraction of sp³-hybridized carbons (Fsp3) is 0.909. The van der Waals surface area contributed by atoms with Gasteiger partial charge in [-0.05, 0) is 38.5 Å². The first-order valence-electron chi connectivity index (χ1n) is 5.27. The average molecular weight is 185 g/mol. The van der Waals surface area contributed by atoms with Crippen LogP contribution in [0.2, 0.25) is 0 Å². The van der Waals surface area contributed by atoms with Gasteiger partial charge in [-0.25, -0.2) is 0 Å². The summed E-state index contributed by atoms with van der Waals surface area (Å²) in [7, 11) is 0. The van der Waals surface area contributed by atoms with E-state index in [4.69, 9.17) is 5.11 Å². The third-order valence-corrected chi connectivity index (χ3v) is 2.03. The molecule has 0 aliphatic heterocycles. The van der Waals surface area contributed by atoms with Crippen molar-refractivity contribution in [3.05, 3.63) is 0 Å². The van der Waals surface area contributed by atoms with Gasteiger partial charge >= 0.3 is 0 Å². The van der Waals surface area contributed by atoms with Crippen LogP contribution in [0.4, 0.5) is 0 Å². The van der Waals surface area contributed by atoms with E-state index in [0.717, 1.165) is 31.7 Å². The van der Waals surface area contributed by atoms with Gasteiger partial charge in [-0.2, -0.15) is 0 Å². The molecule has 0 aromatic heterocycles. The monoisotopic (exact) mass is 185 g/mol. The Labute approximate surface area is 82.1 Å². The van der Waals surface area contributed by atoms with Gasteiger partial charge in [-0.15, -0.1) is 0 Å². The van der Waals surface area contributed by atoms with Gasteiger partial charge < -0.3 is 5.11 Å². The Morgan fingerprint density at radius 2 is 2.00 bits per heavy atom. The van der Waals surface area contributed by atoms with Gasteiger partial charge in [-0.3, -0.25) is 4.99 Å². The highest BCUT2D eigenvalue weighted by Crippen LogP contribution is 2.04. The van der Waals surface area contributed by atoms with E-state index < -0.39 is 0 Å². The molecule has 0 atom stereocenters. The predicted molar refractivity (Wildman–Crippen MR) is 58.4 cm³/mol. The second-order valence-electron chi connectivity index (χ2n) is 3.98. The number of aliphatic imine (C=N–C) groups is 1. The van der Waals surface area contributed by atoms with Gasteiger partial charge in [0.05, 0.1) is 0 Å². The Balaban J connectivity index is 3.40. The third kappa shape index (κ3) is 9.54. The highest BCUT2D eigenvalue weighted by Gasteiger charge is 1.95. The molecular weight excluding hydrogens is 162 g/mol. The highest BCUT2D eigenvalue weighted by atomic mass is 16.2. The summed E-state index contributed by atoms with van der Waals surface area (Å²) in [5.41, 5.74) is 1.26. The number of hydrogen-bond donors (Lipinski definition) is 1. The largest absolute Gasteiger partial charge is 0.396 e. The molecule has 0 rings (SSSR count). The standard InChI is InChI=1S/C11H23NO/c1-10(2)6-7-11(3)12-8-4-5-9-13/h10,13H,4-9H2,1-3H3. The van der Waals surface area contributed by atoms with E-state index in [1.807, 2.05) is 0 Å². The van der Waals surface area contributed by atoms with Gasteiger partial charge in [0.1, 0.15) is 0 Å². The highest BCUT2D eigenvalue weighted by molar-refractivity contribution is 5.81. The van der Waals surface area contributed by atoms with E-state index in [1.165, 1.54) is 12.1 Å². The first-order chi connectivity index (χ1) is 6.16. The number of unbranched alkanes of at least 4 members (excludes halogenated alkanes) is 1. The zero-order valence-corrected chi connectivity index (χ0v) is 9.21. The molecule has 0 saturated heterocycles. The zero-order chi connectivity index (χ0) is 10.1. The van der Waals surface area contributed by atoms with Crippen molar-refractivity contribution in [1.29, 1.82) is 0 Å². The summed E-state index contributed by atoms with van der Waals surface area (Å²) < 4.78 is 0. The van der Waals surface area contributed by atoms with Crippen molar-refractivity contribution in [2.24, 2.45) is 10.9 Å². The summed E-state index contributed by atoms with van der Waals surface area (Å²) in [6, 6.07) is 0. The van der Waals surface area contributed by atoms with Crippen LogP contribution in [-0.4, -0.2) is 24.0 Å². The van der Waals surface area contributed by atoms with Crippen LogP contribution in [0, 0.1) is 5.92 Å². The van der Waals surface area contributed by atoms with Gasteiger partial charge in [0.25, 0.3) is 0 Å². The van der Waals surface area contributed by atoms with Gasteiger partial charge in [0.2, 0.25) is 0 Å². The molecule has 0 aromatic rings. The fourth-order valence-corrected chi connectivity index (χ4v) is 1.07. The molecule has 0 fully saturated rings. The molecule has 13 heavy (non-hydrogen) atoms. The summed E-state index contributed by atoms with van der Waals surface area (Å²) in [4.78, 5) is 4.44. The van der Waals surface area contributed by atoms with Crippen LogP contribution in [0.1, 0.15) is 46.5 Å². The Morgan fingerprint density at radius 1 is 1.31 bits per heavy atom. The minimum Gasteiger partial charge on any atom is -0.396 e. The molecule has 0 aliphatic carbocycles. The maximum Gasteiger partial charge on any atom is 0.0431 e. The van der Waals surface area contributed by atoms with E-state index >= 15 is 0 Å². The van der Waals surface area contributed by atoms with E-state index in [-0.39, 0.29) is 0 Å². The Kier molecular flexibility index (Phi) is 8.00. The van der Waals surface area contributed by atoms with Crippen LogP contribution >= 0.6 is 0 Å². The van der Waals surface area contributed by atoms with Crippen molar-refractivity contribution < 1.29 is 5.11 Å². The lowest BCUT2D eigenvalue weighted by Crippen LogP contribution is -1.97. The van der Waals surface area contributed by atoms with Crippen LogP contribution in [0.5, 0.6) is 0 Å². The normalized spacial score (nSPS) is 12.5. The van der Waals surface area contributed by atoms with E-state index in [9.17, 15) is 0 Å². The summed E-state index contributed by atoms with van der Waals surface area (Å²) in [6.07, 6.45) is 4.24. The smallest absolute Gasteiger partial charge is 0.0431 e. The van der Waals surface area contributed by atoms with Crippen molar-refractivity contribution >= 4 is 5.71 Å². The van der Waals surface area contributed by atoms with Gasteiger partial charge in [0.15, 0.2) is 0 Å². The van der Waals surface area contributed by atoms with Gasteiger partial charge in [0, 0.05) is 18.9 Å². The first-order valence-corrected chi connectivity index (χ1v) is 5.27. The van der Waals surface area contributed by atoms with Crippen molar-refractivity contribution in [2.45, 2.75) is 46.5 Å². The van der Waals surface area contributed by atoms with Crippen LogP contribution in [0.15, 0.2) is 4.99 Å². The first kappa shape index (κ1) is 12.6. The Morgan fingerprint density at radius 3 is 2.54 bits per heavy atom. The molecule has 0 aliphatic rings. The van der Waals surface area contributed by atoms with E-state index in [1.54, 1.807) is 0 Å². The summed E-state index contributed by atoms with van der Waals surface area (Å²) in [5.74, 6) is 0.766. The number of hydrogen-bond acceptors (Lipinski definition) is 2. The SMILES string of the molecule is CC(CCC(C)C)=NCCCCO. The molecule has 0 aromatic carbocycles. The van der Waals surface area contributed by atoms with Gasteiger partial charge in [-0.1, -0.05) is 13.8 Å². The predicted octanol–water partition coefficient (Wildman–Crippen LogP) is 2.66. The van der Waals surface area contributed by atoms with Crippen LogP contribution in [0.3, 0.4) is 0 Å². The Bertz CT molecular complexity index is 141. The number of aliphatic hydroxyl groups excluding tert-OH is 1.